The Kier molecular flexibility index (Phi) is 3.96. The van der Waals surface area contributed by atoms with Crippen LogP contribution in [0.15, 0.2) is 57.9 Å². The van der Waals surface area contributed by atoms with Gasteiger partial charge in [0.05, 0.1) is 5.75 Å². The second-order valence-electron chi connectivity index (χ2n) is 4.25. The van der Waals surface area contributed by atoms with Crippen molar-refractivity contribution in [2.75, 3.05) is 0 Å². The molecule has 1 aromatic heterocycles. The van der Waals surface area contributed by atoms with Gasteiger partial charge >= 0.3 is 0 Å². The molecule has 0 unspecified atom stereocenters. The van der Waals surface area contributed by atoms with E-state index in [0.29, 0.717) is 22.4 Å². The average molecular weight is 304 g/mol. The van der Waals surface area contributed by atoms with Crippen molar-refractivity contribution in [1.82, 2.24) is 10.1 Å². The van der Waals surface area contributed by atoms with Gasteiger partial charge in [-0.2, -0.15) is 4.98 Å². The second-order valence-corrected chi connectivity index (χ2v) is 5.30. The number of thioether (sulfide) groups is 1. The van der Waals surface area contributed by atoms with Gasteiger partial charge in [0, 0.05) is 10.5 Å². The van der Waals surface area contributed by atoms with Crippen molar-refractivity contribution in [3.63, 3.8) is 0 Å². The lowest BCUT2D eigenvalue weighted by atomic mass is 10.2. The van der Waals surface area contributed by atoms with Crippen molar-refractivity contribution < 1.29 is 13.3 Å². The first kappa shape index (κ1) is 13.8. The predicted octanol–water partition coefficient (Wildman–Crippen LogP) is 4.31. The SMILES string of the molecule is Fc1ccc(SCc2noc(-c3ccccc3)n2)cc1F. The zero-order chi connectivity index (χ0) is 14.7. The average Bonchev–Trinajstić information content (AvgIpc) is 2.98. The summed E-state index contributed by atoms with van der Waals surface area (Å²) in [6.07, 6.45) is 0. The Balaban J connectivity index is 1.69. The Bertz CT molecular complexity index is 746. The molecule has 3 nitrogen and oxygen atoms in total. The molecule has 0 spiro atoms. The number of rotatable bonds is 4. The van der Waals surface area contributed by atoms with Crippen molar-refractivity contribution in [1.29, 1.82) is 0 Å². The van der Waals surface area contributed by atoms with Crippen LogP contribution in [0.5, 0.6) is 0 Å². The van der Waals surface area contributed by atoms with Gasteiger partial charge in [-0.15, -0.1) is 11.8 Å². The van der Waals surface area contributed by atoms with Crippen LogP contribution in [0, 0.1) is 11.6 Å². The minimum atomic E-state index is -0.863. The fraction of sp³-hybridized carbons (Fsp3) is 0.0667. The van der Waals surface area contributed by atoms with Gasteiger partial charge in [0.1, 0.15) is 0 Å². The second kappa shape index (κ2) is 6.05. The summed E-state index contributed by atoms with van der Waals surface area (Å²) in [6.45, 7) is 0. The first-order chi connectivity index (χ1) is 10.2. The molecular formula is C15H10F2N2OS. The Hall–Kier alpha value is -2.21. The minimum absolute atomic E-state index is 0.418. The molecule has 0 bridgehead atoms. The zero-order valence-corrected chi connectivity index (χ0v) is 11.6. The van der Waals surface area contributed by atoms with Crippen molar-refractivity contribution in [2.45, 2.75) is 10.6 Å². The molecule has 3 rings (SSSR count). The van der Waals surface area contributed by atoms with Crippen molar-refractivity contribution in [3.05, 3.63) is 66.0 Å². The maximum atomic E-state index is 13.1. The summed E-state index contributed by atoms with van der Waals surface area (Å²) in [7, 11) is 0. The van der Waals surface area contributed by atoms with Gasteiger partial charge in [0.2, 0.25) is 0 Å². The predicted molar refractivity (Wildman–Crippen MR) is 75.7 cm³/mol. The van der Waals surface area contributed by atoms with Crippen LogP contribution < -0.4 is 0 Å². The molecule has 0 aliphatic heterocycles. The zero-order valence-electron chi connectivity index (χ0n) is 10.8. The first-order valence-corrected chi connectivity index (χ1v) is 7.17. The van der Waals surface area contributed by atoms with Gasteiger partial charge in [0.25, 0.3) is 5.89 Å². The molecule has 0 radical (unpaired) electrons. The third-order valence-corrected chi connectivity index (χ3v) is 3.74. The summed E-state index contributed by atoms with van der Waals surface area (Å²) >= 11 is 1.31. The molecule has 6 heteroatoms. The van der Waals surface area contributed by atoms with E-state index in [2.05, 4.69) is 10.1 Å². The topological polar surface area (TPSA) is 38.9 Å². The lowest BCUT2D eigenvalue weighted by Gasteiger charge is -1.99. The van der Waals surface area contributed by atoms with Crippen molar-refractivity contribution in [3.8, 4) is 11.5 Å². The highest BCUT2D eigenvalue weighted by Gasteiger charge is 2.09. The van der Waals surface area contributed by atoms with Crippen LogP contribution in [-0.4, -0.2) is 10.1 Å². The number of aromatic nitrogens is 2. The van der Waals surface area contributed by atoms with E-state index in [1.54, 1.807) is 0 Å². The van der Waals surface area contributed by atoms with Crippen LogP contribution in [0.2, 0.25) is 0 Å². The Morgan fingerprint density at radius 1 is 1.00 bits per heavy atom. The lowest BCUT2D eigenvalue weighted by Crippen LogP contribution is -1.87. The van der Waals surface area contributed by atoms with Crippen LogP contribution in [0.4, 0.5) is 8.78 Å². The maximum Gasteiger partial charge on any atom is 0.257 e. The fourth-order valence-electron chi connectivity index (χ4n) is 1.73. The van der Waals surface area contributed by atoms with Crippen LogP contribution in [-0.2, 0) is 5.75 Å². The quantitative estimate of drug-likeness (QED) is 0.673. The fourth-order valence-corrected chi connectivity index (χ4v) is 2.49. The van der Waals surface area contributed by atoms with E-state index in [9.17, 15) is 8.78 Å². The van der Waals surface area contributed by atoms with Crippen LogP contribution in [0.25, 0.3) is 11.5 Å². The van der Waals surface area contributed by atoms with Gasteiger partial charge < -0.3 is 4.52 Å². The standard InChI is InChI=1S/C15H10F2N2OS/c16-12-7-6-11(8-13(12)17)21-9-14-18-15(20-19-14)10-4-2-1-3-5-10/h1-8H,9H2. The number of benzene rings is 2. The summed E-state index contributed by atoms with van der Waals surface area (Å²) in [4.78, 5) is 4.88. The van der Waals surface area contributed by atoms with E-state index in [1.165, 1.54) is 17.8 Å². The van der Waals surface area contributed by atoms with E-state index < -0.39 is 11.6 Å². The Labute approximate surface area is 124 Å². The molecule has 0 N–H and O–H groups in total. The summed E-state index contributed by atoms with van der Waals surface area (Å²) < 4.78 is 31.1. The van der Waals surface area contributed by atoms with Gasteiger partial charge in [0.15, 0.2) is 17.5 Å². The van der Waals surface area contributed by atoms with Gasteiger partial charge in [-0.25, -0.2) is 8.78 Å². The number of nitrogens with zero attached hydrogens (tertiary/aromatic N) is 2. The highest BCUT2D eigenvalue weighted by atomic mass is 32.2. The molecule has 3 aromatic rings. The highest BCUT2D eigenvalue weighted by Crippen LogP contribution is 2.24. The molecule has 0 fully saturated rings. The van der Waals surface area contributed by atoms with Crippen molar-refractivity contribution in [2.24, 2.45) is 0 Å². The molecule has 0 aliphatic rings. The normalized spacial score (nSPS) is 10.8. The Morgan fingerprint density at radius 3 is 2.57 bits per heavy atom. The summed E-state index contributed by atoms with van der Waals surface area (Å²) in [5.41, 5.74) is 0.842. The monoisotopic (exact) mass is 304 g/mol. The van der Waals surface area contributed by atoms with Crippen LogP contribution in [0.3, 0.4) is 0 Å². The van der Waals surface area contributed by atoms with Crippen molar-refractivity contribution >= 4 is 11.8 Å². The maximum absolute atomic E-state index is 13.1. The molecule has 1 heterocycles. The molecule has 2 aromatic carbocycles. The number of hydrogen-bond donors (Lipinski definition) is 0. The van der Waals surface area contributed by atoms with Gasteiger partial charge in [-0.05, 0) is 30.3 Å². The van der Waals surface area contributed by atoms with Crippen LogP contribution >= 0.6 is 11.8 Å². The Morgan fingerprint density at radius 2 is 1.81 bits per heavy atom. The van der Waals surface area contributed by atoms with E-state index in [1.807, 2.05) is 30.3 Å². The molecule has 0 atom stereocenters. The molecule has 21 heavy (non-hydrogen) atoms. The van der Waals surface area contributed by atoms with E-state index in [-0.39, 0.29) is 0 Å². The molecule has 0 amide bonds. The summed E-state index contributed by atoms with van der Waals surface area (Å²) in [5, 5.41) is 3.87. The smallest absolute Gasteiger partial charge is 0.257 e. The van der Waals surface area contributed by atoms with Gasteiger partial charge in [-0.1, -0.05) is 23.4 Å². The number of hydrogen-bond acceptors (Lipinski definition) is 4. The third-order valence-electron chi connectivity index (χ3n) is 2.75. The molecular weight excluding hydrogens is 294 g/mol. The molecule has 106 valence electrons. The lowest BCUT2D eigenvalue weighted by molar-refractivity contribution is 0.425. The molecule has 0 saturated heterocycles. The minimum Gasteiger partial charge on any atom is -0.334 e. The summed E-state index contributed by atoms with van der Waals surface area (Å²) in [5.74, 6) is -0.357. The third kappa shape index (κ3) is 3.28. The molecule has 0 aliphatic carbocycles. The van der Waals surface area contributed by atoms with Crippen LogP contribution in [0.1, 0.15) is 5.82 Å². The number of halogens is 2. The first-order valence-electron chi connectivity index (χ1n) is 6.18. The largest absolute Gasteiger partial charge is 0.334 e. The highest BCUT2D eigenvalue weighted by molar-refractivity contribution is 7.98. The van der Waals surface area contributed by atoms with Gasteiger partial charge in [-0.3, -0.25) is 0 Å². The van der Waals surface area contributed by atoms with E-state index in [0.717, 1.165) is 17.7 Å². The molecule has 0 saturated carbocycles. The van der Waals surface area contributed by atoms with E-state index >= 15 is 0 Å². The summed E-state index contributed by atoms with van der Waals surface area (Å²) in [6, 6.07) is 13.2. The van der Waals surface area contributed by atoms with E-state index in [4.69, 9.17) is 4.52 Å².